The van der Waals surface area contributed by atoms with Crippen LogP contribution in [0.1, 0.15) is 51.4 Å². The van der Waals surface area contributed by atoms with Crippen LogP contribution in [0.5, 0.6) is 0 Å². The third kappa shape index (κ3) is 3.85. The minimum atomic E-state index is -0.273. The maximum absolute atomic E-state index is 13.9. The molecular weight excluding hydrogens is 349 g/mol. The smallest absolute Gasteiger partial charge is 0.225 e. The number of hydrogen-bond acceptors (Lipinski definition) is 4. The fraction of sp³-hybridized carbons (Fsp3) is 0.600. The fourth-order valence-electron chi connectivity index (χ4n) is 4.15. The van der Waals surface area contributed by atoms with Crippen molar-refractivity contribution < 1.29 is 9.18 Å². The molecular formula is C20H26FN3OS. The van der Waals surface area contributed by atoms with Crippen molar-refractivity contribution in [3.05, 3.63) is 24.0 Å². The lowest BCUT2D eigenvalue weighted by Gasteiger charge is -2.32. The van der Waals surface area contributed by atoms with Gasteiger partial charge >= 0.3 is 0 Å². The third-order valence-corrected chi connectivity index (χ3v) is 6.70. The molecule has 0 bridgehead atoms. The second-order valence-corrected chi connectivity index (χ2v) is 8.57. The molecule has 6 heteroatoms. The summed E-state index contributed by atoms with van der Waals surface area (Å²) in [6, 6.07) is 5.42. The predicted molar refractivity (Wildman–Crippen MR) is 104 cm³/mol. The SMILES string of the molecule is O=C(NC1CCCCCC1)C1CCCN(c2nc3c(F)cccc3s2)C1. The average molecular weight is 376 g/mol. The number of carbonyl (C=O) groups is 1. The van der Waals surface area contributed by atoms with E-state index in [1.807, 2.05) is 6.07 Å². The summed E-state index contributed by atoms with van der Waals surface area (Å²) >= 11 is 1.51. The van der Waals surface area contributed by atoms with Crippen LogP contribution >= 0.6 is 11.3 Å². The van der Waals surface area contributed by atoms with Crippen molar-refractivity contribution in [3.63, 3.8) is 0 Å². The van der Waals surface area contributed by atoms with Gasteiger partial charge in [-0.15, -0.1) is 0 Å². The molecule has 1 saturated carbocycles. The zero-order valence-corrected chi connectivity index (χ0v) is 15.9. The van der Waals surface area contributed by atoms with Crippen molar-refractivity contribution in [2.45, 2.75) is 57.4 Å². The van der Waals surface area contributed by atoms with Gasteiger partial charge in [0.15, 0.2) is 5.13 Å². The summed E-state index contributed by atoms with van der Waals surface area (Å²) in [7, 11) is 0. The average Bonchev–Trinajstić information content (AvgIpc) is 2.94. The number of carbonyl (C=O) groups excluding carboxylic acids is 1. The van der Waals surface area contributed by atoms with Gasteiger partial charge in [0.25, 0.3) is 0 Å². The largest absolute Gasteiger partial charge is 0.353 e. The van der Waals surface area contributed by atoms with Gasteiger partial charge in [0.05, 0.1) is 10.6 Å². The number of piperidine rings is 1. The first-order valence-electron chi connectivity index (χ1n) is 9.81. The maximum Gasteiger partial charge on any atom is 0.225 e. The topological polar surface area (TPSA) is 45.2 Å². The van der Waals surface area contributed by atoms with E-state index >= 15 is 0 Å². The van der Waals surface area contributed by atoms with E-state index in [-0.39, 0.29) is 17.6 Å². The number of rotatable bonds is 3. The highest BCUT2D eigenvalue weighted by Crippen LogP contribution is 2.32. The second-order valence-electron chi connectivity index (χ2n) is 7.57. The third-order valence-electron chi connectivity index (χ3n) is 5.62. The van der Waals surface area contributed by atoms with Gasteiger partial charge in [0, 0.05) is 19.1 Å². The van der Waals surface area contributed by atoms with Gasteiger partial charge in [0.2, 0.25) is 5.91 Å². The van der Waals surface area contributed by atoms with Crippen LogP contribution in [0.25, 0.3) is 10.2 Å². The molecule has 1 atom stereocenters. The Kier molecular flexibility index (Phi) is 5.38. The molecule has 1 aliphatic carbocycles. The molecule has 1 aromatic carbocycles. The summed E-state index contributed by atoms with van der Waals surface area (Å²) in [6.45, 7) is 1.56. The molecule has 1 aliphatic heterocycles. The molecule has 1 saturated heterocycles. The Balaban J connectivity index is 1.43. The lowest BCUT2D eigenvalue weighted by molar-refractivity contribution is -0.126. The number of hydrogen-bond donors (Lipinski definition) is 1. The van der Waals surface area contributed by atoms with E-state index in [0.717, 1.165) is 42.1 Å². The molecule has 0 radical (unpaired) electrons. The van der Waals surface area contributed by atoms with E-state index in [1.165, 1.54) is 43.1 Å². The number of aromatic nitrogens is 1. The standard InChI is InChI=1S/C20H26FN3OS/c21-16-10-5-11-17-18(16)23-20(26-17)24-12-6-7-14(13-24)19(25)22-15-8-3-1-2-4-9-15/h5,10-11,14-15H,1-4,6-9,12-13H2,(H,22,25). The van der Waals surface area contributed by atoms with Gasteiger partial charge in [-0.3, -0.25) is 4.79 Å². The number of halogens is 1. The molecule has 2 heterocycles. The van der Waals surface area contributed by atoms with Crippen molar-refractivity contribution in [1.29, 1.82) is 0 Å². The van der Waals surface area contributed by atoms with Crippen LogP contribution in [0, 0.1) is 11.7 Å². The molecule has 2 fully saturated rings. The Morgan fingerprint density at radius 2 is 1.96 bits per heavy atom. The highest BCUT2D eigenvalue weighted by Gasteiger charge is 2.29. The van der Waals surface area contributed by atoms with Gasteiger partial charge in [-0.2, -0.15) is 0 Å². The van der Waals surface area contributed by atoms with E-state index < -0.39 is 0 Å². The van der Waals surface area contributed by atoms with Crippen LogP contribution < -0.4 is 10.2 Å². The number of thiazole rings is 1. The molecule has 4 rings (SSSR count). The molecule has 26 heavy (non-hydrogen) atoms. The van der Waals surface area contributed by atoms with E-state index in [1.54, 1.807) is 6.07 Å². The van der Waals surface area contributed by atoms with Crippen molar-refractivity contribution in [3.8, 4) is 0 Å². The van der Waals surface area contributed by atoms with Crippen LogP contribution in [0.15, 0.2) is 18.2 Å². The molecule has 1 N–H and O–H groups in total. The molecule has 1 unspecified atom stereocenters. The van der Waals surface area contributed by atoms with Gasteiger partial charge in [-0.25, -0.2) is 9.37 Å². The minimum absolute atomic E-state index is 0.00358. The molecule has 0 spiro atoms. The maximum atomic E-state index is 13.9. The first-order valence-corrected chi connectivity index (χ1v) is 10.6. The predicted octanol–water partition coefficient (Wildman–Crippen LogP) is 4.49. The van der Waals surface area contributed by atoms with Gasteiger partial charge in [-0.05, 0) is 37.8 Å². The summed E-state index contributed by atoms with van der Waals surface area (Å²) in [5, 5.41) is 4.12. The van der Waals surface area contributed by atoms with Crippen LogP contribution in [-0.4, -0.2) is 30.0 Å². The minimum Gasteiger partial charge on any atom is -0.353 e. The molecule has 4 nitrogen and oxygen atoms in total. The second kappa shape index (κ2) is 7.91. The molecule has 1 amide bonds. The Labute approximate surface area is 157 Å². The van der Waals surface area contributed by atoms with Crippen molar-refractivity contribution in [2.75, 3.05) is 18.0 Å². The molecule has 2 aliphatic rings. The van der Waals surface area contributed by atoms with E-state index in [2.05, 4.69) is 15.2 Å². The zero-order valence-electron chi connectivity index (χ0n) is 15.0. The molecule has 2 aromatic rings. The molecule has 1 aromatic heterocycles. The number of benzene rings is 1. The van der Waals surface area contributed by atoms with Crippen LogP contribution in [0.3, 0.4) is 0 Å². The van der Waals surface area contributed by atoms with Crippen LogP contribution in [0.4, 0.5) is 9.52 Å². The Morgan fingerprint density at radius 1 is 1.15 bits per heavy atom. The number of anilines is 1. The number of nitrogens with zero attached hydrogens (tertiary/aromatic N) is 2. The first kappa shape index (κ1) is 17.7. The zero-order chi connectivity index (χ0) is 17.9. The Bertz CT molecular complexity index is 770. The van der Waals surface area contributed by atoms with Crippen LogP contribution in [0.2, 0.25) is 0 Å². The number of para-hydroxylation sites is 1. The highest BCUT2D eigenvalue weighted by atomic mass is 32.1. The Hall–Kier alpha value is -1.69. The molecule has 140 valence electrons. The monoisotopic (exact) mass is 375 g/mol. The summed E-state index contributed by atoms with van der Waals surface area (Å²) in [6.07, 6.45) is 9.14. The summed E-state index contributed by atoms with van der Waals surface area (Å²) < 4.78 is 14.8. The lowest BCUT2D eigenvalue weighted by Crippen LogP contribution is -2.46. The normalized spacial score (nSPS) is 22.3. The quantitative estimate of drug-likeness (QED) is 0.804. The number of nitrogens with one attached hydrogen (secondary N) is 1. The first-order chi connectivity index (χ1) is 12.7. The number of fused-ring (bicyclic) bond motifs is 1. The van der Waals surface area contributed by atoms with Gasteiger partial charge in [-0.1, -0.05) is 43.1 Å². The number of amides is 1. The lowest BCUT2D eigenvalue weighted by atomic mass is 9.96. The van der Waals surface area contributed by atoms with Crippen molar-refractivity contribution in [2.24, 2.45) is 5.92 Å². The van der Waals surface area contributed by atoms with E-state index in [0.29, 0.717) is 18.1 Å². The Morgan fingerprint density at radius 3 is 2.73 bits per heavy atom. The van der Waals surface area contributed by atoms with Crippen molar-refractivity contribution >= 4 is 32.6 Å². The van der Waals surface area contributed by atoms with Gasteiger partial charge in [0.1, 0.15) is 11.3 Å². The highest BCUT2D eigenvalue weighted by molar-refractivity contribution is 7.22. The van der Waals surface area contributed by atoms with E-state index in [4.69, 9.17) is 0 Å². The summed E-state index contributed by atoms with van der Waals surface area (Å²) in [5.41, 5.74) is 0.442. The summed E-state index contributed by atoms with van der Waals surface area (Å²) in [4.78, 5) is 19.4. The van der Waals surface area contributed by atoms with Gasteiger partial charge < -0.3 is 10.2 Å². The van der Waals surface area contributed by atoms with Crippen molar-refractivity contribution in [1.82, 2.24) is 10.3 Å². The summed E-state index contributed by atoms with van der Waals surface area (Å²) in [5.74, 6) is -0.0811. The van der Waals surface area contributed by atoms with Crippen LogP contribution in [-0.2, 0) is 4.79 Å². The van der Waals surface area contributed by atoms with E-state index in [9.17, 15) is 9.18 Å². The fourth-order valence-corrected chi connectivity index (χ4v) is 5.16.